The molecule has 1 aromatic heterocycles. The van der Waals surface area contributed by atoms with Crippen molar-refractivity contribution in [3.63, 3.8) is 0 Å². The molecule has 0 aliphatic carbocycles. The van der Waals surface area contributed by atoms with E-state index in [1.165, 1.54) is 39.2 Å². The quantitative estimate of drug-likeness (QED) is 0.626. The van der Waals surface area contributed by atoms with Gasteiger partial charge in [0.15, 0.2) is 5.58 Å². The Morgan fingerprint density at radius 3 is 2.65 bits per heavy atom. The smallest absolute Gasteiger partial charge is 0.408 e. The molecule has 2 heterocycles. The average Bonchev–Trinajstić information content (AvgIpc) is 3.37. The van der Waals surface area contributed by atoms with E-state index < -0.39 is 21.6 Å². The number of aryl methyl sites for hydroxylation is 2. The number of oxazole rings is 1. The summed E-state index contributed by atoms with van der Waals surface area (Å²) in [7, 11) is -3.63. The number of amides is 1. The van der Waals surface area contributed by atoms with Crippen LogP contribution in [-0.2, 0) is 21.4 Å². The number of sulfonamides is 1. The van der Waals surface area contributed by atoms with Crippen LogP contribution in [0.3, 0.4) is 0 Å². The summed E-state index contributed by atoms with van der Waals surface area (Å²) in [5.74, 6) is -1.53. The Kier molecular flexibility index (Phi) is 5.67. The number of anilines is 1. The van der Waals surface area contributed by atoms with E-state index in [0.717, 1.165) is 12.8 Å². The van der Waals surface area contributed by atoms with Gasteiger partial charge in [0.2, 0.25) is 15.9 Å². The van der Waals surface area contributed by atoms with Crippen LogP contribution in [0, 0.1) is 12.7 Å². The summed E-state index contributed by atoms with van der Waals surface area (Å²) in [6.07, 6.45) is 1.60. The molecule has 0 saturated carbocycles. The summed E-state index contributed by atoms with van der Waals surface area (Å²) in [6, 6.07) is 8.40. The third-order valence-electron chi connectivity index (χ3n) is 5.38. The number of hydrogen-bond donors (Lipinski definition) is 1. The van der Waals surface area contributed by atoms with Gasteiger partial charge in [-0.2, -0.15) is 4.31 Å². The molecule has 0 radical (unpaired) electrons. The number of benzene rings is 2. The first kappa shape index (κ1) is 21.3. The molecule has 1 aliphatic rings. The summed E-state index contributed by atoms with van der Waals surface area (Å²) >= 11 is 0. The average molecular weight is 447 g/mol. The minimum atomic E-state index is -3.63. The number of carbonyl (C=O) groups excluding carboxylic acids is 1. The molecule has 0 spiro atoms. The lowest BCUT2D eigenvalue weighted by Gasteiger charge is -2.15. The van der Waals surface area contributed by atoms with E-state index in [-0.39, 0.29) is 29.4 Å². The number of carbonyl (C=O) groups is 1. The molecule has 2 aromatic carbocycles. The molecule has 1 amide bonds. The third kappa shape index (κ3) is 4.26. The molecule has 10 heteroatoms. The minimum absolute atomic E-state index is 0.0320. The molecule has 0 bridgehead atoms. The van der Waals surface area contributed by atoms with Crippen molar-refractivity contribution < 1.29 is 22.0 Å². The molecule has 1 N–H and O–H groups in total. The topological polar surface area (TPSA) is 102 Å². The molecule has 8 nitrogen and oxygen atoms in total. The highest BCUT2D eigenvalue weighted by molar-refractivity contribution is 7.89. The Morgan fingerprint density at radius 2 is 1.90 bits per heavy atom. The molecule has 164 valence electrons. The standard InChI is InChI=1S/C21H22FN3O5S/c1-14-4-5-15(22)12-17(14)23-20(26)8-11-25-18-7-6-16(13-19(18)30-21(25)27)31(28,29)24-9-2-3-10-24/h4-7,12-13H,2-3,8-11H2,1H3,(H,23,26). The second-order valence-corrected chi connectivity index (χ2v) is 9.46. The predicted molar refractivity (Wildman–Crippen MR) is 113 cm³/mol. The van der Waals surface area contributed by atoms with Crippen LogP contribution in [0.2, 0.25) is 0 Å². The fraction of sp³-hybridized carbons (Fsp3) is 0.333. The minimum Gasteiger partial charge on any atom is -0.408 e. The fourth-order valence-electron chi connectivity index (χ4n) is 3.65. The second-order valence-electron chi connectivity index (χ2n) is 7.52. The van der Waals surface area contributed by atoms with E-state index in [9.17, 15) is 22.4 Å². The van der Waals surface area contributed by atoms with Gasteiger partial charge in [-0.05, 0) is 49.6 Å². The second kappa shape index (κ2) is 8.27. The summed E-state index contributed by atoms with van der Waals surface area (Å²) < 4.78 is 46.8. The van der Waals surface area contributed by atoms with Crippen LogP contribution >= 0.6 is 0 Å². The van der Waals surface area contributed by atoms with Crippen molar-refractivity contribution in [2.75, 3.05) is 18.4 Å². The van der Waals surface area contributed by atoms with Crippen LogP contribution in [0.15, 0.2) is 50.5 Å². The first-order valence-corrected chi connectivity index (χ1v) is 11.4. The first-order chi connectivity index (χ1) is 14.8. The van der Waals surface area contributed by atoms with Gasteiger partial charge in [0.25, 0.3) is 0 Å². The van der Waals surface area contributed by atoms with Gasteiger partial charge >= 0.3 is 5.76 Å². The molecule has 31 heavy (non-hydrogen) atoms. The molecule has 1 saturated heterocycles. The van der Waals surface area contributed by atoms with Crippen molar-refractivity contribution in [3.05, 3.63) is 58.3 Å². The summed E-state index contributed by atoms with van der Waals surface area (Å²) in [4.78, 5) is 24.6. The Morgan fingerprint density at radius 1 is 1.16 bits per heavy atom. The Balaban J connectivity index is 1.52. The van der Waals surface area contributed by atoms with Crippen LogP contribution < -0.4 is 11.1 Å². The molecule has 4 rings (SSSR count). The fourth-order valence-corrected chi connectivity index (χ4v) is 5.18. The van der Waals surface area contributed by atoms with Gasteiger partial charge in [0.05, 0.1) is 10.4 Å². The Hall–Kier alpha value is -2.98. The highest BCUT2D eigenvalue weighted by atomic mass is 32.2. The zero-order chi connectivity index (χ0) is 22.2. The highest BCUT2D eigenvalue weighted by Crippen LogP contribution is 2.24. The number of hydrogen-bond acceptors (Lipinski definition) is 5. The van der Waals surface area contributed by atoms with Crippen molar-refractivity contribution in [1.82, 2.24) is 8.87 Å². The predicted octanol–water partition coefficient (Wildman–Crippen LogP) is 2.86. The molecule has 0 atom stereocenters. The van der Waals surface area contributed by atoms with Crippen LogP contribution in [0.1, 0.15) is 24.8 Å². The van der Waals surface area contributed by atoms with E-state index in [1.807, 2.05) is 0 Å². The van der Waals surface area contributed by atoms with Crippen LogP contribution in [0.5, 0.6) is 0 Å². The number of nitrogens with one attached hydrogen (secondary N) is 1. The number of aromatic nitrogens is 1. The lowest BCUT2D eigenvalue weighted by Crippen LogP contribution is -2.27. The maximum Gasteiger partial charge on any atom is 0.419 e. The van der Waals surface area contributed by atoms with Crippen molar-refractivity contribution in [2.24, 2.45) is 0 Å². The lowest BCUT2D eigenvalue weighted by molar-refractivity contribution is -0.116. The van der Waals surface area contributed by atoms with E-state index in [1.54, 1.807) is 13.0 Å². The highest BCUT2D eigenvalue weighted by Gasteiger charge is 2.28. The van der Waals surface area contributed by atoms with Gasteiger partial charge in [0, 0.05) is 37.8 Å². The van der Waals surface area contributed by atoms with Gasteiger partial charge in [-0.15, -0.1) is 0 Å². The maximum atomic E-state index is 13.4. The first-order valence-electron chi connectivity index (χ1n) is 9.95. The van der Waals surface area contributed by atoms with E-state index in [0.29, 0.717) is 29.9 Å². The largest absolute Gasteiger partial charge is 0.419 e. The number of rotatable bonds is 6. The van der Waals surface area contributed by atoms with Gasteiger partial charge in [-0.25, -0.2) is 17.6 Å². The number of fused-ring (bicyclic) bond motifs is 1. The monoisotopic (exact) mass is 447 g/mol. The molecular formula is C21H22FN3O5S. The third-order valence-corrected chi connectivity index (χ3v) is 7.27. The van der Waals surface area contributed by atoms with E-state index in [2.05, 4.69) is 5.32 Å². The zero-order valence-electron chi connectivity index (χ0n) is 16.9. The SMILES string of the molecule is Cc1ccc(F)cc1NC(=O)CCn1c(=O)oc2cc(S(=O)(=O)N3CCCC3)ccc21. The van der Waals surface area contributed by atoms with Gasteiger partial charge in [-0.3, -0.25) is 9.36 Å². The van der Waals surface area contributed by atoms with Crippen LogP contribution in [0.25, 0.3) is 11.1 Å². The number of halogens is 1. The number of nitrogens with zero attached hydrogens (tertiary/aromatic N) is 2. The van der Waals surface area contributed by atoms with Crippen molar-refractivity contribution in [2.45, 2.75) is 37.6 Å². The van der Waals surface area contributed by atoms with Crippen molar-refractivity contribution in [3.8, 4) is 0 Å². The van der Waals surface area contributed by atoms with Gasteiger partial charge < -0.3 is 9.73 Å². The van der Waals surface area contributed by atoms with Crippen molar-refractivity contribution in [1.29, 1.82) is 0 Å². The zero-order valence-corrected chi connectivity index (χ0v) is 17.7. The Bertz CT molecular complexity index is 1310. The molecular weight excluding hydrogens is 425 g/mol. The molecule has 0 unspecified atom stereocenters. The van der Waals surface area contributed by atoms with Crippen molar-refractivity contribution >= 4 is 32.7 Å². The summed E-state index contributed by atoms with van der Waals surface area (Å²) in [5, 5.41) is 2.63. The molecule has 1 fully saturated rings. The normalized spacial score (nSPS) is 14.9. The summed E-state index contributed by atoms with van der Waals surface area (Å²) in [5.41, 5.74) is 1.63. The maximum absolute atomic E-state index is 13.4. The summed E-state index contributed by atoms with van der Waals surface area (Å²) in [6.45, 7) is 2.73. The van der Waals surface area contributed by atoms with Crippen LogP contribution in [0.4, 0.5) is 10.1 Å². The lowest BCUT2D eigenvalue weighted by atomic mass is 10.2. The molecule has 3 aromatic rings. The Labute approximate surface area is 178 Å². The van der Waals surface area contributed by atoms with E-state index >= 15 is 0 Å². The molecule has 1 aliphatic heterocycles. The van der Waals surface area contributed by atoms with E-state index in [4.69, 9.17) is 4.42 Å². The van der Waals surface area contributed by atoms with Crippen LogP contribution in [-0.4, -0.2) is 36.3 Å². The van der Waals surface area contributed by atoms with Gasteiger partial charge in [-0.1, -0.05) is 6.07 Å². The van der Waals surface area contributed by atoms with Gasteiger partial charge in [0.1, 0.15) is 5.82 Å².